The van der Waals surface area contributed by atoms with Gasteiger partial charge in [0.15, 0.2) is 0 Å². The first-order valence-electron chi connectivity index (χ1n) is 7.35. The first-order chi connectivity index (χ1) is 10.2. The number of hydrogen-bond acceptors (Lipinski definition) is 5. The summed E-state index contributed by atoms with van der Waals surface area (Å²) in [6, 6.07) is 1.82. The molecule has 0 aliphatic heterocycles. The molecule has 1 saturated carbocycles. The highest BCUT2D eigenvalue weighted by Gasteiger charge is 2.18. The zero-order valence-corrected chi connectivity index (χ0v) is 12.9. The summed E-state index contributed by atoms with van der Waals surface area (Å²) < 4.78 is 1.59. The number of halogens is 1. The highest BCUT2D eigenvalue weighted by atomic mass is 35.5. The van der Waals surface area contributed by atoms with E-state index in [0.29, 0.717) is 17.8 Å². The molecule has 0 unspecified atom stereocenters. The Morgan fingerprint density at radius 1 is 1.24 bits per heavy atom. The van der Waals surface area contributed by atoms with Gasteiger partial charge in [-0.05, 0) is 36.4 Å². The van der Waals surface area contributed by atoms with E-state index in [1.165, 1.54) is 32.1 Å². The quantitative estimate of drug-likeness (QED) is 0.869. The Balaban J connectivity index is 1.77. The van der Waals surface area contributed by atoms with E-state index in [4.69, 9.17) is 11.6 Å². The topological polar surface area (TPSA) is 59.7 Å². The Morgan fingerprint density at radius 3 is 2.76 bits per heavy atom. The second kappa shape index (κ2) is 6.39. The van der Waals surface area contributed by atoms with Gasteiger partial charge in [-0.25, -0.2) is 4.68 Å². The summed E-state index contributed by atoms with van der Waals surface area (Å²) in [6.45, 7) is 0.957. The fourth-order valence-electron chi connectivity index (χ4n) is 2.83. The molecule has 2 aromatic rings. The Morgan fingerprint density at radius 2 is 2.05 bits per heavy atom. The molecule has 0 amide bonds. The maximum absolute atomic E-state index is 6.02. The molecular formula is C14H19ClN6. The molecule has 1 aliphatic rings. The van der Waals surface area contributed by atoms with E-state index in [0.717, 1.165) is 6.54 Å². The predicted molar refractivity (Wildman–Crippen MR) is 81.8 cm³/mol. The van der Waals surface area contributed by atoms with Crippen LogP contribution in [0.1, 0.15) is 32.1 Å². The van der Waals surface area contributed by atoms with Crippen LogP contribution in [0.2, 0.25) is 5.28 Å². The Bertz CT molecular complexity index is 579. The summed E-state index contributed by atoms with van der Waals surface area (Å²) in [5, 5.41) is 4.33. The van der Waals surface area contributed by atoms with E-state index in [2.05, 4.69) is 25.0 Å². The lowest BCUT2D eigenvalue weighted by Crippen LogP contribution is -2.28. The molecule has 2 aromatic heterocycles. The fourth-order valence-corrected chi connectivity index (χ4v) is 2.98. The standard InChI is InChI=1S/C14H19ClN6/c1-20(10-11-6-3-2-4-7-11)13-17-12(15)18-14(19-13)21-9-5-8-16-21/h5,8-9,11H,2-4,6-7,10H2,1H3. The molecule has 0 saturated heterocycles. The molecule has 0 N–H and O–H groups in total. The molecule has 21 heavy (non-hydrogen) atoms. The van der Waals surface area contributed by atoms with Crippen LogP contribution in [0.5, 0.6) is 0 Å². The first kappa shape index (κ1) is 14.3. The summed E-state index contributed by atoms with van der Waals surface area (Å²) in [4.78, 5) is 14.9. The molecule has 0 bridgehead atoms. The molecule has 1 aliphatic carbocycles. The van der Waals surface area contributed by atoms with Gasteiger partial charge in [-0.1, -0.05) is 19.3 Å². The van der Waals surface area contributed by atoms with Crippen molar-refractivity contribution >= 4 is 17.5 Å². The molecule has 0 spiro atoms. The lowest BCUT2D eigenvalue weighted by molar-refractivity contribution is 0.361. The van der Waals surface area contributed by atoms with E-state index < -0.39 is 0 Å². The highest BCUT2D eigenvalue weighted by molar-refractivity contribution is 6.28. The van der Waals surface area contributed by atoms with Crippen molar-refractivity contribution in [2.75, 3.05) is 18.5 Å². The van der Waals surface area contributed by atoms with Crippen LogP contribution in [-0.2, 0) is 0 Å². The van der Waals surface area contributed by atoms with Crippen LogP contribution < -0.4 is 4.90 Å². The average Bonchev–Trinajstić information content (AvgIpc) is 3.02. The van der Waals surface area contributed by atoms with Gasteiger partial charge in [0.25, 0.3) is 5.95 Å². The highest BCUT2D eigenvalue weighted by Crippen LogP contribution is 2.25. The van der Waals surface area contributed by atoms with E-state index in [-0.39, 0.29) is 5.28 Å². The van der Waals surface area contributed by atoms with Crippen molar-refractivity contribution in [1.82, 2.24) is 24.7 Å². The van der Waals surface area contributed by atoms with E-state index in [1.54, 1.807) is 17.1 Å². The van der Waals surface area contributed by atoms with Gasteiger partial charge in [0.1, 0.15) is 0 Å². The molecule has 3 rings (SSSR count). The van der Waals surface area contributed by atoms with Crippen LogP contribution >= 0.6 is 11.6 Å². The van der Waals surface area contributed by atoms with Crippen molar-refractivity contribution in [3.63, 3.8) is 0 Å². The van der Waals surface area contributed by atoms with E-state index >= 15 is 0 Å². The van der Waals surface area contributed by atoms with E-state index in [9.17, 15) is 0 Å². The van der Waals surface area contributed by atoms with Gasteiger partial charge < -0.3 is 4.90 Å². The third kappa shape index (κ3) is 3.50. The average molecular weight is 307 g/mol. The minimum atomic E-state index is 0.195. The molecule has 1 fully saturated rings. The second-order valence-corrected chi connectivity index (χ2v) is 5.88. The van der Waals surface area contributed by atoms with Gasteiger partial charge in [0.2, 0.25) is 11.2 Å². The number of aromatic nitrogens is 5. The smallest absolute Gasteiger partial charge is 0.256 e. The maximum atomic E-state index is 6.02. The Labute approximate surface area is 129 Å². The van der Waals surface area contributed by atoms with Crippen LogP contribution in [0, 0.1) is 5.92 Å². The van der Waals surface area contributed by atoms with Gasteiger partial charge in [-0.15, -0.1) is 0 Å². The van der Waals surface area contributed by atoms with Gasteiger partial charge in [0.05, 0.1) is 0 Å². The van der Waals surface area contributed by atoms with Crippen LogP contribution in [0.15, 0.2) is 18.5 Å². The van der Waals surface area contributed by atoms with E-state index in [1.807, 2.05) is 13.1 Å². The molecule has 2 heterocycles. The number of hydrogen-bond donors (Lipinski definition) is 0. The van der Waals surface area contributed by atoms with Crippen molar-refractivity contribution in [2.45, 2.75) is 32.1 Å². The largest absolute Gasteiger partial charge is 0.343 e. The molecule has 112 valence electrons. The van der Waals surface area contributed by atoms with Crippen molar-refractivity contribution in [2.24, 2.45) is 5.92 Å². The monoisotopic (exact) mass is 306 g/mol. The Kier molecular flexibility index (Phi) is 4.34. The number of anilines is 1. The lowest BCUT2D eigenvalue weighted by atomic mass is 9.89. The van der Waals surface area contributed by atoms with Gasteiger partial charge in [-0.3, -0.25) is 0 Å². The SMILES string of the molecule is CN(CC1CCCCC1)c1nc(Cl)nc(-n2cccn2)n1. The fraction of sp³-hybridized carbons (Fsp3) is 0.571. The molecule has 0 aromatic carbocycles. The maximum Gasteiger partial charge on any atom is 0.256 e. The summed E-state index contributed by atoms with van der Waals surface area (Å²) in [7, 11) is 2.01. The van der Waals surface area contributed by atoms with Gasteiger partial charge >= 0.3 is 0 Å². The second-order valence-electron chi connectivity index (χ2n) is 5.54. The minimum absolute atomic E-state index is 0.195. The molecule has 0 radical (unpaired) electrons. The van der Waals surface area contributed by atoms with Crippen molar-refractivity contribution in [3.05, 3.63) is 23.7 Å². The van der Waals surface area contributed by atoms with Crippen LogP contribution in [0.25, 0.3) is 5.95 Å². The molecule has 6 nitrogen and oxygen atoms in total. The summed E-state index contributed by atoms with van der Waals surface area (Å²) in [5.41, 5.74) is 0. The first-order valence-corrected chi connectivity index (χ1v) is 7.73. The predicted octanol–water partition coefficient (Wildman–Crippen LogP) is 2.73. The van der Waals surface area contributed by atoms with Crippen LogP contribution in [0.3, 0.4) is 0 Å². The van der Waals surface area contributed by atoms with Gasteiger partial charge in [0, 0.05) is 26.0 Å². The van der Waals surface area contributed by atoms with Crippen molar-refractivity contribution < 1.29 is 0 Å². The Hall–Kier alpha value is -1.69. The zero-order chi connectivity index (χ0) is 14.7. The molecule has 7 heteroatoms. The third-order valence-corrected chi connectivity index (χ3v) is 4.06. The summed E-state index contributed by atoms with van der Waals surface area (Å²) >= 11 is 6.02. The lowest BCUT2D eigenvalue weighted by Gasteiger charge is -2.27. The van der Waals surface area contributed by atoms with Gasteiger partial charge in [-0.2, -0.15) is 20.1 Å². The van der Waals surface area contributed by atoms with Crippen molar-refractivity contribution in [3.8, 4) is 5.95 Å². The van der Waals surface area contributed by atoms with Crippen molar-refractivity contribution in [1.29, 1.82) is 0 Å². The summed E-state index contributed by atoms with van der Waals surface area (Å²) in [5.74, 6) is 1.77. The third-order valence-electron chi connectivity index (χ3n) is 3.89. The van der Waals surface area contributed by atoms with Crippen LogP contribution in [-0.4, -0.2) is 38.3 Å². The number of rotatable bonds is 4. The van der Waals surface area contributed by atoms with Crippen LogP contribution in [0.4, 0.5) is 5.95 Å². The normalized spacial score (nSPS) is 16.1. The summed E-state index contributed by atoms with van der Waals surface area (Å²) in [6.07, 6.45) is 10.1. The minimum Gasteiger partial charge on any atom is -0.343 e. The zero-order valence-electron chi connectivity index (χ0n) is 12.1. The molecule has 0 atom stereocenters. The number of nitrogens with zero attached hydrogens (tertiary/aromatic N) is 6. The molecular weight excluding hydrogens is 288 g/mol.